The van der Waals surface area contributed by atoms with Gasteiger partial charge in [0.15, 0.2) is 0 Å². The normalized spacial score (nSPS) is 18.9. The predicted octanol–water partition coefficient (Wildman–Crippen LogP) is 1.75. The summed E-state index contributed by atoms with van der Waals surface area (Å²) in [5.74, 6) is 0.984. The first-order valence-corrected chi connectivity index (χ1v) is 5.59. The quantitative estimate of drug-likeness (QED) is 0.892. The third-order valence-electron chi connectivity index (χ3n) is 2.75. The Balaban J connectivity index is 0.00000144. The van der Waals surface area contributed by atoms with Gasteiger partial charge in [-0.1, -0.05) is 0 Å². The first kappa shape index (κ1) is 13.8. The Labute approximate surface area is 107 Å². The van der Waals surface area contributed by atoms with Crippen molar-refractivity contribution in [3.63, 3.8) is 0 Å². The van der Waals surface area contributed by atoms with E-state index in [0.29, 0.717) is 24.0 Å². The summed E-state index contributed by atoms with van der Waals surface area (Å²) in [7, 11) is 0. The fraction of sp³-hybridized carbons (Fsp3) is 0.500. The number of rotatable bonds is 3. The molecule has 0 aliphatic carbocycles. The maximum absolute atomic E-state index is 8.87. The summed E-state index contributed by atoms with van der Waals surface area (Å²) in [5, 5.41) is 12.2. The Morgan fingerprint density at radius 1 is 1.59 bits per heavy atom. The van der Waals surface area contributed by atoms with Gasteiger partial charge in [0, 0.05) is 18.7 Å². The summed E-state index contributed by atoms with van der Waals surface area (Å²) >= 11 is 0. The number of hydrogen-bond acceptors (Lipinski definition) is 4. The lowest BCUT2D eigenvalue weighted by Crippen LogP contribution is -2.33. The summed E-state index contributed by atoms with van der Waals surface area (Å²) < 4.78 is 5.59. The number of halogens is 1. The van der Waals surface area contributed by atoms with Crippen molar-refractivity contribution in [2.45, 2.75) is 12.8 Å². The lowest BCUT2D eigenvalue weighted by atomic mass is 10.0. The number of nitrogens with one attached hydrogen (secondary N) is 1. The minimum Gasteiger partial charge on any atom is -0.476 e. The zero-order chi connectivity index (χ0) is 11.2. The molecule has 17 heavy (non-hydrogen) atoms. The molecule has 1 aromatic heterocycles. The molecular weight excluding hydrogens is 238 g/mol. The number of ether oxygens (including phenoxy) is 1. The first-order valence-electron chi connectivity index (χ1n) is 5.59. The van der Waals surface area contributed by atoms with Gasteiger partial charge in [0.05, 0.1) is 6.61 Å². The highest BCUT2D eigenvalue weighted by Gasteiger charge is 2.14. The average molecular weight is 254 g/mol. The van der Waals surface area contributed by atoms with Crippen LogP contribution in [0.5, 0.6) is 5.88 Å². The molecule has 4 nitrogen and oxygen atoms in total. The van der Waals surface area contributed by atoms with Gasteiger partial charge in [0.25, 0.3) is 0 Å². The van der Waals surface area contributed by atoms with Crippen molar-refractivity contribution < 1.29 is 4.74 Å². The van der Waals surface area contributed by atoms with Crippen LogP contribution in [0.25, 0.3) is 0 Å². The van der Waals surface area contributed by atoms with E-state index in [9.17, 15) is 0 Å². The van der Waals surface area contributed by atoms with Crippen LogP contribution >= 0.6 is 12.4 Å². The van der Waals surface area contributed by atoms with Crippen LogP contribution in [0.4, 0.5) is 0 Å². The molecule has 0 bridgehead atoms. The zero-order valence-corrected chi connectivity index (χ0v) is 10.4. The predicted molar refractivity (Wildman–Crippen MR) is 67.3 cm³/mol. The third kappa shape index (κ3) is 3.88. The summed E-state index contributed by atoms with van der Waals surface area (Å²) in [6.45, 7) is 2.73. The van der Waals surface area contributed by atoms with Crippen molar-refractivity contribution >= 4 is 12.4 Å². The minimum atomic E-state index is 0. The van der Waals surface area contributed by atoms with E-state index < -0.39 is 0 Å². The van der Waals surface area contributed by atoms with E-state index in [1.54, 1.807) is 18.3 Å². The zero-order valence-electron chi connectivity index (χ0n) is 9.56. The highest BCUT2D eigenvalue weighted by Crippen LogP contribution is 2.16. The van der Waals surface area contributed by atoms with Crippen LogP contribution in [-0.2, 0) is 0 Å². The van der Waals surface area contributed by atoms with Crippen molar-refractivity contribution in [2.24, 2.45) is 5.92 Å². The molecule has 0 spiro atoms. The van der Waals surface area contributed by atoms with E-state index in [0.717, 1.165) is 13.1 Å². The van der Waals surface area contributed by atoms with Crippen LogP contribution in [0, 0.1) is 17.2 Å². The van der Waals surface area contributed by atoms with E-state index in [1.165, 1.54) is 12.8 Å². The molecule has 5 heteroatoms. The standard InChI is InChI=1S/C12H15N3O.ClH/c13-7-11-4-2-6-15-12(11)16-9-10-3-1-5-14-8-10;/h2,4,6,10,14H,1,3,5,8-9H2;1H. The summed E-state index contributed by atoms with van der Waals surface area (Å²) in [6, 6.07) is 5.55. The van der Waals surface area contributed by atoms with E-state index in [1.807, 2.05) is 0 Å². The first-order chi connectivity index (χ1) is 7.90. The molecular formula is C12H16ClN3O. The van der Waals surface area contributed by atoms with Gasteiger partial charge in [-0.25, -0.2) is 4.98 Å². The van der Waals surface area contributed by atoms with Crippen molar-refractivity contribution in [1.82, 2.24) is 10.3 Å². The maximum atomic E-state index is 8.87. The second-order valence-electron chi connectivity index (χ2n) is 3.99. The summed E-state index contributed by atoms with van der Waals surface area (Å²) in [4.78, 5) is 4.07. The number of piperidine rings is 1. The van der Waals surface area contributed by atoms with Crippen LogP contribution in [-0.4, -0.2) is 24.7 Å². The summed E-state index contributed by atoms with van der Waals surface area (Å²) in [6.07, 6.45) is 4.03. The minimum absolute atomic E-state index is 0. The molecule has 2 rings (SSSR count). The van der Waals surface area contributed by atoms with Gasteiger partial charge in [-0.3, -0.25) is 0 Å². The van der Waals surface area contributed by atoms with Crippen LogP contribution in [0.15, 0.2) is 18.3 Å². The Hall–Kier alpha value is -1.31. The highest BCUT2D eigenvalue weighted by atomic mass is 35.5. The molecule has 1 N–H and O–H groups in total. The molecule has 2 heterocycles. The largest absolute Gasteiger partial charge is 0.476 e. The number of pyridine rings is 1. The molecule has 1 aliphatic rings. The Kier molecular flexibility index (Phi) is 5.75. The third-order valence-corrected chi connectivity index (χ3v) is 2.75. The van der Waals surface area contributed by atoms with Gasteiger partial charge < -0.3 is 10.1 Å². The van der Waals surface area contributed by atoms with Gasteiger partial charge in [-0.05, 0) is 31.5 Å². The van der Waals surface area contributed by atoms with E-state index in [2.05, 4.69) is 16.4 Å². The van der Waals surface area contributed by atoms with Crippen molar-refractivity contribution in [3.8, 4) is 11.9 Å². The van der Waals surface area contributed by atoms with Gasteiger partial charge in [-0.2, -0.15) is 5.26 Å². The smallest absolute Gasteiger partial charge is 0.231 e. The van der Waals surface area contributed by atoms with Crippen molar-refractivity contribution in [1.29, 1.82) is 5.26 Å². The number of aromatic nitrogens is 1. The maximum Gasteiger partial charge on any atom is 0.231 e. The van der Waals surface area contributed by atoms with Crippen LogP contribution in [0.2, 0.25) is 0 Å². The topological polar surface area (TPSA) is 57.9 Å². The second kappa shape index (κ2) is 7.10. The highest BCUT2D eigenvalue weighted by molar-refractivity contribution is 5.85. The fourth-order valence-electron chi connectivity index (χ4n) is 1.85. The van der Waals surface area contributed by atoms with Crippen molar-refractivity contribution in [2.75, 3.05) is 19.7 Å². The molecule has 1 aliphatic heterocycles. The number of nitrogens with zero attached hydrogens (tertiary/aromatic N) is 2. The molecule has 92 valence electrons. The number of nitriles is 1. The van der Waals surface area contributed by atoms with E-state index in [-0.39, 0.29) is 12.4 Å². The van der Waals surface area contributed by atoms with Gasteiger partial charge in [-0.15, -0.1) is 12.4 Å². The molecule has 1 fully saturated rings. The SMILES string of the molecule is Cl.N#Cc1cccnc1OCC1CCCNC1. The Morgan fingerprint density at radius 2 is 2.47 bits per heavy atom. The van der Waals surface area contributed by atoms with E-state index >= 15 is 0 Å². The Morgan fingerprint density at radius 3 is 3.18 bits per heavy atom. The number of hydrogen-bond donors (Lipinski definition) is 1. The Bertz CT molecular complexity index is 386. The molecule has 0 aromatic carbocycles. The molecule has 1 aromatic rings. The lowest BCUT2D eigenvalue weighted by Gasteiger charge is -2.22. The lowest BCUT2D eigenvalue weighted by molar-refractivity contribution is 0.211. The van der Waals surface area contributed by atoms with Crippen LogP contribution in [0.3, 0.4) is 0 Å². The van der Waals surface area contributed by atoms with Crippen LogP contribution in [0.1, 0.15) is 18.4 Å². The van der Waals surface area contributed by atoms with Crippen LogP contribution < -0.4 is 10.1 Å². The molecule has 0 amide bonds. The molecule has 0 saturated carbocycles. The van der Waals surface area contributed by atoms with Crippen molar-refractivity contribution in [3.05, 3.63) is 23.9 Å². The molecule has 1 atom stereocenters. The molecule has 1 saturated heterocycles. The van der Waals surface area contributed by atoms with Gasteiger partial charge in [0.2, 0.25) is 5.88 Å². The van der Waals surface area contributed by atoms with Gasteiger partial charge in [0.1, 0.15) is 11.6 Å². The average Bonchev–Trinajstić information content (AvgIpc) is 2.38. The fourth-order valence-corrected chi connectivity index (χ4v) is 1.85. The van der Waals surface area contributed by atoms with Gasteiger partial charge >= 0.3 is 0 Å². The van der Waals surface area contributed by atoms with E-state index in [4.69, 9.17) is 10.00 Å². The molecule has 1 unspecified atom stereocenters. The summed E-state index contributed by atoms with van der Waals surface area (Å²) in [5.41, 5.74) is 0.506. The second-order valence-corrected chi connectivity index (χ2v) is 3.99. The monoisotopic (exact) mass is 253 g/mol. The molecule has 0 radical (unpaired) electrons.